The zero-order valence-corrected chi connectivity index (χ0v) is 10.8. The average molecular weight is 281 g/mol. The predicted molar refractivity (Wildman–Crippen MR) is 66.4 cm³/mol. The molecule has 19 heavy (non-hydrogen) atoms. The van der Waals surface area contributed by atoms with Crippen LogP contribution in [0.25, 0.3) is 10.7 Å². The van der Waals surface area contributed by atoms with Crippen LogP contribution < -0.4 is 5.32 Å². The first-order valence-corrected chi connectivity index (χ1v) is 6.28. The van der Waals surface area contributed by atoms with Crippen molar-refractivity contribution in [2.75, 3.05) is 0 Å². The topological polar surface area (TPSA) is 110 Å². The van der Waals surface area contributed by atoms with Crippen LogP contribution in [0.4, 0.5) is 0 Å². The van der Waals surface area contributed by atoms with Gasteiger partial charge in [0.1, 0.15) is 12.6 Å². The van der Waals surface area contributed by atoms with E-state index < -0.39 is 17.9 Å². The van der Waals surface area contributed by atoms with Gasteiger partial charge >= 0.3 is 5.97 Å². The molecule has 0 aliphatic rings. The Hall–Kier alpha value is -2.29. The molecule has 1 amide bonds. The molecule has 0 radical (unpaired) electrons. The maximum atomic E-state index is 11.5. The minimum absolute atomic E-state index is 0.171. The normalized spacial score (nSPS) is 12.1. The second-order valence-corrected chi connectivity index (χ2v) is 4.70. The third kappa shape index (κ3) is 3.35. The van der Waals surface area contributed by atoms with E-state index in [1.54, 1.807) is 0 Å². The van der Waals surface area contributed by atoms with Gasteiger partial charge in [-0.2, -0.15) is 4.80 Å². The van der Waals surface area contributed by atoms with Gasteiger partial charge in [0, 0.05) is 0 Å². The van der Waals surface area contributed by atoms with Gasteiger partial charge in [0.15, 0.2) is 0 Å². The lowest BCUT2D eigenvalue weighted by atomic mass is 10.3. The van der Waals surface area contributed by atoms with E-state index in [2.05, 4.69) is 20.7 Å². The molecule has 0 saturated heterocycles. The summed E-state index contributed by atoms with van der Waals surface area (Å²) in [5, 5.41) is 24.5. The highest BCUT2D eigenvalue weighted by Gasteiger charge is 2.15. The number of carboxylic acids is 1. The number of carbonyl (C=O) groups is 2. The van der Waals surface area contributed by atoms with Gasteiger partial charge in [-0.05, 0) is 23.6 Å². The van der Waals surface area contributed by atoms with E-state index in [0.29, 0.717) is 5.82 Å². The smallest absolute Gasteiger partial charge is 0.325 e. The van der Waals surface area contributed by atoms with Gasteiger partial charge in [0.2, 0.25) is 11.7 Å². The Bertz CT molecular complexity index is 580. The van der Waals surface area contributed by atoms with Crippen LogP contribution in [0.15, 0.2) is 17.5 Å². The lowest BCUT2D eigenvalue weighted by Gasteiger charge is -2.07. The zero-order chi connectivity index (χ0) is 13.8. The molecule has 0 aromatic carbocycles. The average Bonchev–Trinajstić information content (AvgIpc) is 2.97. The van der Waals surface area contributed by atoms with E-state index in [1.165, 1.54) is 18.3 Å². The molecule has 0 spiro atoms. The van der Waals surface area contributed by atoms with E-state index in [1.807, 2.05) is 17.5 Å². The van der Waals surface area contributed by atoms with Crippen molar-refractivity contribution in [3.8, 4) is 10.7 Å². The molecule has 0 unspecified atom stereocenters. The summed E-state index contributed by atoms with van der Waals surface area (Å²) < 4.78 is 0. The van der Waals surface area contributed by atoms with E-state index in [0.717, 1.165) is 9.67 Å². The van der Waals surface area contributed by atoms with E-state index in [4.69, 9.17) is 5.11 Å². The van der Waals surface area contributed by atoms with Crippen LogP contribution in [0.3, 0.4) is 0 Å². The minimum atomic E-state index is -1.10. The Morgan fingerprint density at radius 1 is 1.58 bits per heavy atom. The van der Waals surface area contributed by atoms with Gasteiger partial charge in [-0.1, -0.05) is 6.07 Å². The Morgan fingerprint density at radius 3 is 3.00 bits per heavy atom. The molecule has 8 nitrogen and oxygen atoms in total. The highest BCUT2D eigenvalue weighted by molar-refractivity contribution is 7.13. The van der Waals surface area contributed by atoms with Crippen molar-refractivity contribution < 1.29 is 14.7 Å². The molecule has 0 bridgehead atoms. The number of carbonyl (C=O) groups excluding carboxylic acids is 1. The molecule has 0 aliphatic heterocycles. The standard InChI is InChI=1S/C10H11N5O3S/c1-6(10(17)18)11-8(16)5-15-13-9(12-14-15)7-3-2-4-19-7/h2-4,6H,5H2,1H3,(H,11,16)(H,17,18)/t6-/m1/s1. The number of amides is 1. The van der Waals surface area contributed by atoms with Gasteiger partial charge in [-0.3, -0.25) is 9.59 Å². The minimum Gasteiger partial charge on any atom is -0.480 e. The maximum absolute atomic E-state index is 11.5. The molecule has 2 aromatic rings. The third-order valence-electron chi connectivity index (χ3n) is 2.23. The van der Waals surface area contributed by atoms with Crippen LogP contribution in [-0.4, -0.2) is 43.2 Å². The molecule has 2 aromatic heterocycles. The first-order chi connectivity index (χ1) is 9.06. The number of thiophene rings is 1. The van der Waals surface area contributed by atoms with E-state index in [-0.39, 0.29) is 6.54 Å². The molecular weight excluding hydrogens is 270 g/mol. The second-order valence-electron chi connectivity index (χ2n) is 3.75. The molecule has 100 valence electrons. The quantitative estimate of drug-likeness (QED) is 0.797. The van der Waals surface area contributed by atoms with Gasteiger partial charge < -0.3 is 10.4 Å². The summed E-state index contributed by atoms with van der Waals surface area (Å²) in [5.74, 6) is -1.14. The summed E-state index contributed by atoms with van der Waals surface area (Å²) in [4.78, 5) is 24.1. The highest BCUT2D eigenvalue weighted by atomic mass is 32.1. The van der Waals surface area contributed by atoms with Crippen molar-refractivity contribution in [1.82, 2.24) is 25.5 Å². The fourth-order valence-corrected chi connectivity index (χ4v) is 1.94. The maximum Gasteiger partial charge on any atom is 0.325 e. The number of aliphatic carboxylic acids is 1. The van der Waals surface area contributed by atoms with Crippen molar-refractivity contribution in [3.63, 3.8) is 0 Å². The first kappa shape index (κ1) is 13.1. The fraction of sp³-hybridized carbons (Fsp3) is 0.300. The number of hydrogen-bond donors (Lipinski definition) is 2. The van der Waals surface area contributed by atoms with Crippen LogP contribution in [-0.2, 0) is 16.1 Å². The summed E-state index contributed by atoms with van der Waals surface area (Å²) >= 11 is 1.47. The fourth-order valence-electron chi connectivity index (χ4n) is 1.29. The first-order valence-electron chi connectivity index (χ1n) is 5.40. The molecular formula is C10H11N5O3S. The largest absolute Gasteiger partial charge is 0.480 e. The highest BCUT2D eigenvalue weighted by Crippen LogP contribution is 2.19. The number of carboxylic acid groups (broad SMARTS) is 1. The van der Waals surface area contributed by atoms with Crippen LogP contribution in [0, 0.1) is 0 Å². The molecule has 0 saturated carbocycles. The Morgan fingerprint density at radius 2 is 2.37 bits per heavy atom. The summed E-state index contributed by atoms with van der Waals surface area (Å²) in [6.07, 6.45) is 0. The summed E-state index contributed by atoms with van der Waals surface area (Å²) in [5.41, 5.74) is 0. The molecule has 2 N–H and O–H groups in total. The van der Waals surface area contributed by atoms with Crippen LogP contribution in [0.5, 0.6) is 0 Å². The van der Waals surface area contributed by atoms with Gasteiger partial charge in [0.05, 0.1) is 4.88 Å². The molecule has 0 aliphatic carbocycles. The number of nitrogens with one attached hydrogen (secondary N) is 1. The molecule has 0 fully saturated rings. The SMILES string of the molecule is C[C@@H](NC(=O)Cn1nnc(-c2cccs2)n1)C(=O)O. The molecule has 9 heteroatoms. The van der Waals surface area contributed by atoms with Crippen LogP contribution in [0.2, 0.25) is 0 Å². The summed E-state index contributed by atoms with van der Waals surface area (Å²) in [7, 11) is 0. The number of aromatic nitrogens is 4. The number of hydrogen-bond acceptors (Lipinski definition) is 6. The van der Waals surface area contributed by atoms with Crippen molar-refractivity contribution in [1.29, 1.82) is 0 Å². The van der Waals surface area contributed by atoms with Gasteiger partial charge in [-0.15, -0.1) is 21.5 Å². The van der Waals surface area contributed by atoms with Crippen molar-refractivity contribution >= 4 is 23.2 Å². The van der Waals surface area contributed by atoms with Gasteiger partial charge in [-0.25, -0.2) is 0 Å². The Labute approximate surface area is 112 Å². The number of tetrazole rings is 1. The Balaban J connectivity index is 1.97. The molecule has 2 rings (SSSR count). The molecule has 2 heterocycles. The second kappa shape index (κ2) is 5.57. The van der Waals surface area contributed by atoms with Crippen molar-refractivity contribution in [2.24, 2.45) is 0 Å². The van der Waals surface area contributed by atoms with Gasteiger partial charge in [0.25, 0.3) is 0 Å². The lowest BCUT2D eigenvalue weighted by molar-refractivity contribution is -0.141. The van der Waals surface area contributed by atoms with Crippen LogP contribution >= 0.6 is 11.3 Å². The summed E-state index contributed by atoms with van der Waals surface area (Å²) in [6.45, 7) is 1.21. The summed E-state index contributed by atoms with van der Waals surface area (Å²) in [6, 6.07) is 2.76. The number of nitrogens with zero attached hydrogens (tertiary/aromatic N) is 4. The zero-order valence-electron chi connectivity index (χ0n) is 9.98. The third-order valence-corrected chi connectivity index (χ3v) is 3.09. The van der Waals surface area contributed by atoms with Crippen molar-refractivity contribution in [2.45, 2.75) is 19.5 Å². The van der Waals surface area contributed by atoms with E-state index >= 15 is 0 Å². The lowest BCUT2D eigenvalue weighted by Crippen LogP contribution is -2.40. The molecule has 1 atom stereocenters. The van der Waals surface area contributed by atoms with Crippen LogP contribution in [0.1, 0.15) is 6.92 Å². The van der Waals surface area contributed by atoms with E-state index in [9.17, 15) is 9.59 Å². The predicted octanol–water partition coefficient (Wildman–Crippen LogP) is -0.00910. The Kier molecular flexibility index (Phi) is 3.85. The number of rotatable bonds is 5. The van der Waals surface area contributed by atoms with Crippen molar-refractivity contribution in [3.05, 3.63) is 17.5 Å². The monoisotopic (exact) mass is 281 g/mol.